The van der Waals surface area contributed by atoms with E-state index in [4.69, 9.17) is 0 Å². The quantitative estimate of drug-likeness (QED) is 0.0817. The Morgan fingerprint density at radius 1 is 0.878 bits per heavy atom. The van der Waals surface area contributed by atoms with Crippen LogP contribution in [0.1, 0.15) is 98.4 Å². The summed E-state index contributed by atoms with van der Waals surface area (Å²) in [6.45, 7) is 19.4. The molecule has 5 aromatic rings. The molecule has 5 rings (SSSR count). The topological polar surface area (TPSA) is 63.1 Å². The van der Waals surface area contributed by atoms with Crippen LogP contribution in [0.15, 0.2) is 78.8 Å². The van der Waals surface area contributed by atoms with Gasteiger partial charge in [0.1, 0.15) is 6.33 Å². The molecule has 2 heterocycles. The molecule has 2 aromatic heterocycles. The maximum absolute atomic E-state index is 11.7. The molecule has 0 aliphatic heterocycles. The van der Waals surface area contributed by atoms with E-state index in [-0.39, 0.29) is 48.9 Å². The molecule has 0 atom stereocenters. The predicted molar refractivity (Wildman–Crippen MR) is 206 cm³/mol. The Kier molecular flexibility index (Phi) is 14.9. The van der Waals surface area contributed by atoms with E-state index in [1.165, 1.54) is 32.0 Å². The minimum Gasteiger partial charge on any atom is -0.512 e. The van der Waals surface area contributed by atoms with Crippen LogP contribution in [-0.4, -0.2) is 20.9 Å². The normalized spacial score (nSPS) is 12.0. The maximum atomic E-state index is 11.7. The first-order chi connectivity index (χ1) is 22.9. The fourth-order valence-corrected chi connectivity index (χ4v) is 7.49. The summed E-state index contributed by atoms with van der Waals surface area (Å²) in [6.07, 6.45) is 7.71. The van der Waals surface area contributed by atoms with Gasteiger partial charge in [-0.1, -0.05) is 104 Å². The Bertz CT molecular complexity index is 1860. The van der Waals surface area contributed by atoms with Crippen LogP contribution in [-0.2, 0) is 36.7 Å². The molecular weight excluding hydrogens is 801 g/mol. The molecule has 263 valence electrons. The molecule has 0 aliphatic carbocycles. The van der Waals surface area contributed by atoms with Crippen LogP contribution in [0.2, 0.25) is 0 Å². The molecule has 0 saturated heterocycles. The van der Waals surface area contributed by atoms with Gasteiger partial charge in [0, 0.05) is 58.9 Å². The number of hydrogen-bond acceptors (Lipinski definition) is 5. The third-order valence-corrected chi connectivity index (χ3v) is 10.2. The Labute approximate surface area is 311 Å². The monoisotopic (exact) mass is 854 g/mol. The molecule has 0 aliphatic rings. The number of nitrogens with zero attached hydrogens (tertiary/aromatic N) is 2. The van der Waals surface area contributed by atoms with E-state index in [9.17, 15) is 9.90 Å². The van der Waals surface area contributed by atoms with Gasteiger partial charge >= 0.3 is 0 Å². The number of aliphatic hydroxyl groups excluding tert-OH is 1. The molecule has 0 amide bonds. The summed E-state index contributed by atoms with van der Waals surface area (Å²) in [5, 5.41) is 13.4. The molecule has 0 spiro atoms. The van der Waals surface area contributed by atoms with Crippen molar-refractivity contribution in [2.75, 3.05) is 0 Å². The average molecular weight is 854 g/mol. The van der Waals surface area contributed by atoms with Gasteiger partial charge in [-0.25, -0.2) is 4.98 Å². The smallest absolute Gasteiger partial charge is 0.162 e. The van der Waals surface area contributed by atoms with Crippen LogP contribution in [0, 0.1) is 23.8 Å². The second-order valence-corrected chi connectivity index (χ2v) is 15.4. The number of ketones is 1. The van der Waals surface area contributed by atoms with Gasteiger partial charge in [-0.05, 0) is 67.0 Å². The van der Waals surface area contributed by atoms with Crippen LogP contribution in [0.3, 0.4) is 0 Å². The molecule has 6 heteroatoms. The standard InChI is InChI=1S/C30H29N2S.C13H24O2.Ir/c1-19(2)12-24-14-22-11-10-21(16-29(22)33-24)27-17-28(32-18-31-27)23-13-20-8-6-7-9-25(20)26(15-23)30(3,4)5;1-5-10(6-2)12(14)9-13(15)11(7-3)8-4;/h6-11,14-19H,12H2,1-5H3;9-11,14H,5-8H2,1-4H3;/q-1;;/b;12-9-;. The number of allylic oxidation sites excluding steroid dienone is 2. The Morgan fingerprint density at radius 2 is 1.53 bits per heavy atom. The molecule has 1 N–H and O–H groups in total. The van der Waals surface area contributed by atoms with Crippen LogP contribution in [0.5, 0.6) is 0 Å². The van der Waals surface area contributed by atoms with Crippen molar-refractivity contribution in [1.82, 2.24) is 9.97 Å². The Morgan fingerprint density at radius 3 is 2.16 bits per heavy atom. The number of aromatic nitrogens is 2. The van der Waals surface area contributed by atoms with Crippen molar-refractivity contribution in [2.45, 2.75) is 99.8 Å². The summed E-state index contributed by atoms with van der Waals surface area (Å²) in [6, 6.07) is 25.4. The first kappa shape index (κ1) is 40.3. The van der Waals surface area contributed by atoms with E-state index in [0.29, 0.717) is 5.92 Å². The second-order valence-electron chi connectivity index (χ2n) is 14.2. The number of fused-ring (bicyclic) bond motifs is 2. The van der Waals surface area contributed by atoms with Crippen molar-refractivity contribution >= 4 is 38.0 Å². The SMILES string of the molecule is CC(C)Cc1cc2ccc(-c3cc(-c4[c-]c5ccccc5c(C(C)(C)C)c4)ncn3)cc2s1.CCC(CC)C(=O)/C=C(\O)C(CC)CC.[Ir]. The number of hydrogen-bond donors (Lipinski definition) is 1. The zero-order valence-corrected chi connectivity index (χ0v) is 33.9. The van der Waals surface area contributed by atoms with E-state index >= 15 is 0 Å². The number of thiophene rings is 1. The number of benzene rings is 3. The largest absolute Gasteiger partial charge is 0.512 e. The molecular formula is C43H53IrN2O2S-. The van der Waals surface area contributed by atoms with Gasteiger partial charge in [0.25, 0.3) is 0 Å². The summed E-state index contributed by atoms with van der Waals surface area (Å²) < 4.78 is 1.32. The second kappa shape index (κ2) is 18.2. The van der Waals surface area contributed by atoms with Gasteiger partial charge in [-0.3, -0.25) is 9.78 Å². The summed E-state index contributed by atoms with van der Waals surface area (Å²) in [5.74, 6) is 1.21. The molecule has 49 heavy (non-hydrogen) atoms. The first-order valence-electron chi connectivity index (χ1n) is 17.6. The van der Waals surface area contributed by atoms with Crippen molar-refractivity contribution in [1.29, 1.82) is 0 Å². The van der Waals surface area contributed by atoms with E-state index < -0.39 is 0 Å². The molecule has 1 radical (unpaired) electrons. The minimum atomic E-state index is 0. The van der Waals surface area contributed by atoms with E-state index in [1.54, 1.807) is 6.33 Å². The van der Waals surface area contributed by atoms with Gasteiger partial charge in [0.05, 0.1) is 11.5 Å². The van der Waals surface area contributed by atoms with E-state index in [2.05, 4.69) is 111 Å². The van der Waals surface area contributed by atoms with Crippen molar-refractivity contribution in [3.63, 3.8) is 0 Å². The van der Waals surface area contributed by atoms with Gasteiger partial charge in [-0.15, -0.1) is 40.5 Å². The zero-order chi connectivity index (χ0) is 35.0. The summed E-state index contributed by atoms with van der Waals surface area (Å²) >= 11 is 1.89. The fourth-order valence-electron chi connectivity index (χ4n) is 6.18. The fraction of sp³-hybridized carbons (Fsp3) is 0.419. The van der Waals surface area contributed by atoms with Crippen LogP contribution >= 0.6 is 11.3 Å². The maximum Gasteiger partial charge on any atom is 0.162 e. The third-order valence-electron chi connectivity index (χ3n) is 9.08. The number of aliphatic hydroxyl groups is 1. The average Bonchev–Trinajstić information content (AvgIpc) is 3.46. The minimum absolute atomic E-state index is 0. The van der Waals surface area contributed by atoms with Crippen molar-refractivity contribution in [2.24, 2.45) is 17.8 Å². The van der Waals surface area contributed by atoms with Gasteiger partial charge < -0.3 is 5.11 Å². The number of carbonyl (C=O) groups excluding carboxylic acids is 1. The zero-order valence-electron chi connectivity index (χ0n) is 30.7. The number of carbonyl (C=O) groups is 1. The van der Waals surface area contributed by atoms with Crippen molar-refractivity contribution < 1.29 is 30.0 Å². The van der Waals surface area contributed by atoms with Crippen LogP contribution in [0.25, 0.3) is 43.4 Å². The molecule has 0 saturated carbocycles. The number of rotatable bonds is 11. The Balaban J connectivity index is 0.000000347. The first-order valence-corrected chi connectivity index (χ1v) is 18.4. The van der Waals surface area contributed by atoms with Crippen molar-refractivity contribution in [3.8, 4) is 22.5 Å². The van der Waals surface area contributed by atoms with Gasteiger partial charge in [0.2, 0.25) is 0 Å². The Hall–Kier alpha value is -3.18. The summed E-state index contributed by atoms with van der Waals surface area (Å²) in [7, 11) is 0. The van der Waals surface area contributed by atoms with Gasteiger partial charge in [-0.2, -0.15) is 0 Å². The molecule has 0 bridgehead atoms. The summed E-state index contributed by atoms with van der Waals surface area (Å²) in [4.78, 5) is 22.4. The van der Waals surface area contributed by atoms with Gasteiger partial charge in [0.15, 0.2) is 5.78 Å². The van der Waals surface area contributed by atoms with Crippen LogP contribution in [0.4, 0.5) is 0 Å². The van der Waals surface area contributed by atoms with Crippen LogP contribution < -0.4 is 0 Å². The summed E-state index contributed by atoms with van der Waals surface area (Å²) in [5.41, 5.74) is 5.32. The molecule has 4 nitrogen and oxygen atoms in total. The molecule has 0 unspecified atom stereocenters. The molecule has 3 aromatic carbocycles. The third kappa shape index (κ3) is 10.4. The predicted octanol–water partition coefficient (Wildman–Crippen LogP) is 12.3. The van der Waals surface area contributed by atoms with E-state index in [1.807, 2.05) is 39.0 Å². The van der Waals surface area contributed by atoms with E-state index in [0.717, 1.165) is 60.0 Å². The van der Waals surface area contributed by atoms with Crippen molar-refractivity contribution in [3.05, 3.63) is 95.3 Å². The molecule has 0 fully saturated rings.